The summed E-state index contributed by atoms with van der Waals surface area (Å²) in [4.78, 5) is 11.5. The first-order chi connectivity index (χ1) is 12.8. The molecule has 26 heavy (non-hydrogen) atoms. The van der Waals surface area contributed by atoms with Crippen molar-refractivity contribution in [3.63, 3.8) is 0 Å². The van der Waals surface area contributed by atoms with Gasteiger partial charge in [0.05, 0.1) is 5.69 Å². The molecular formula is C22H22FN3. The fourth-order valence-electron chi connectivity index (χ4n) is 3.68. The zero-order chi connectivity index (χ0) is 17.8. The SMILES string of the molecule is Fc1cccc(-c2cccc([C@H]3CCCN(Cc4cccnc4)C3)n2)c1. The molecule has 1 aliphatic heterocycles. The molecular weight excluding hydrogens is 325 g/mol. The summed E-state index contributed by atoms with van der Waals surface area (Å²) in [6.45, 7) is 3.03. The van der Waals surface area contributed by atoms with Gasteiger partial charge in [0.1, 0.15) is 5.82 Å². The highest BCUT2D eigenvalue weighted by Gasteiger charge is 2.22. The van der Waals surface area contributed by atoms with E-state index in [1.165, 1.54) is 11.6 Å². The number of hydrogen-bond acceptors (Lipinski definition) is 3. The summed E-state index contributed by atoms with van der Waals surface area (Å²) >= 11 is 0. The zero-order valence-electron chi connectivity index (χ0n) is 14.7. The highest BCUT2D eigenvalue weighted by Crippen LogP contribution is 2.28. The quantitative estimate of drug-likeness (QED) is 0.687. The Labute approximate surface area is 153 Å². The van der Waals surface area contributed by atoms with Gasteiger partial charge in [-0.3, -0.25) is 14.9 Å². The van der Waals surface area contributed by atoms with Crippen molar-refractivity contribution in [3.8, 4) is 11.3 Å². The predicted molar refractivity (Wildman–Crippen MR) is 101 cm³/mol. The highest BCUT2D eigenvalue weighted by atomic mass is 19.1. The minimum absolute atomic E-state index is 0.227. The Kier molecular flexibility index (Phi) is 5.02. The highest BCUT2D eigenvalue weighted by molar-refractivity contribution is 5.59. The van der Waals surface area contributed by atoms with Gasteiger partial charge in [0, 0.05) is 42.7 Å². The van der Waals surface area contributed by atoms with Crippen LogP contribution in [-0.4, -0.2) is 28.0 Å². The Balaban J connectivity index is 1.51. The monoisotopic (exact) mass is 347 g/mol. The van der Waals surface area contributed by atoms with E-state index in [4.69, 9.17) is 4.98 Å². The van der Waals surface area contributed by atoms with Gasteiger partial charge in [-0.2, -0.15) is 0 Å². The maximum atomic E-state index is 13.5. The molecule has 1 atom stereocenters. The molecule has 2 aromatic heterocycles. The van der Waals surface area contributed by atoms with Crippen LogP contribution in [0.2, 0.25) is 0 Å². The van der Waals surface area contributed by atoms with E-state index in [1.807, 2.05) is 36.7 Å². The van der Waals surface area contributed by atoms with E-state index >= 15 is 0 Å². The van der Waals surface area contributed by atoms with Gasteiger partial charge in [-0.05, 0) is 55.3 Å². The van der Waals surface area contributed by atoms with Crippen molar-refractivity contribution < 1.29 is 4.39 Å². The Morgan fingerprint density at radius 3 is 2.85 bits per heavy atom. The van der Waals surface area contributed by atoms with Gasteiger partial charge in [-0.15, -0.1) is 0 Å². The standard InChI is InChI=1S/C22H22FN3/c23-20-8-1-6-18(13-20)21-9-2-10-22(25-21)19-7-4-12-26(16-19)15-17-5-3-11-24-14-17/h1-3,5-6,8-11,13-14,19H,4,7,12,15-16H2/t19-/m0/s1. The van der Waals surface area contributed by atoms with Gasteiger partial charge in [0.2, 0.25) is 0 Å². The fraction of sp³-hybridized carbons (Fsp3) is 0.273. The smallest absolute Gasteiger partial charge is 0.123 e. The van der Waals surface area contributed by atoms with Crippen molar-refractivity contribution in [3.05, 3.63) is 84.1 Å². The number of pyridine rings is 2. The Bertz CT molecular complexity index is 866. The van der Waals surface area contributed by atoms with Crippen LogP contribution in [0.25, 0.3) is 11.3 Å². The van der Waals surface area contributed by atoms with E-state index in [-0.39, 0.29) is 5.82 Å². The summed E-state index contributed by atoms with van der Waals surface area (Å²) in [6.07, 6.45) is 6.05. The fourth-order valence-corrected chi connectivity index (χ4v) is 3.68. The average molecular weight is 347 g/mol. The molecule has 3 aromatic rings. The van der Waals surface area contributed by atoms with E-state index in [0.29, 0.717) is 5.92 Å². The minimum atomic E-state index is -0.227. The van der Waals surface area contributed by atoms with Crippen LogP contribution in [0.1, 0.15) is 30.0 Å². The van der Waals surface area contributed by atoms with Crippen LogP contribution in [0.5, 0.6) is 0 Å². The molecule has 3 nitrogen and oxygen atoms in total. The van der Waals surface area contributed by atoms with Crippen LogP contribution in [-0.2, 0) is 6.54 Å². The molecule has 4 rings (SSSR count). The van der Waals surface area contributed by atoms with Crippen molar-refractivity contribution in [2.45, 2.75) is 25.3 Å². The summed E-state index contributed by atoms with van der Waals surface area (Å²) in [7, 11) is 0. The summed E-state index contributed by atoms with van der Waals surface area (Å²) in [5.74, 6) is 0.184. The van der Waals surface area contributed by atoms with Crippen molar-refractivity contribution in [2.24, 2.45) is 0 Å². The van der Waals surface area contributed by atoms with Gasteiger partial charge < -0.3 is 0 Å². The summed E-state index contributed by atoms with van der Waals surface area (Å²) in [6, 6.07) is 16.8. The third-order valence-electron chi connectivity index (χ3n) is 4.94. The average Bonchev–Trinajstić information content (AvgIpc) is 2.69. The third kappa shape index (κ3) is 3.97. The minimum Gasteiger partial charge on any atom is -0.298 e. The molecule has 0 radical (unpaired) electrons. The molecule has 0 unspecified atom stereocenters. The van der Waals surface area contributed by atoms with Crippen LogP contribution >= 0.6 is 0 Å². The number of likely N-dealkylation sites (tertiary alicyclic amines) is 1. The molecule has 0 N–H and O–H groups in total. The lowest BCUT2D eigenvalue weighted by molar-refractivity contribution is 0.198. The zero-order valence-corrected chi connectivity index (χ0v) is 14.7. The van der Waals surface area contributed by atoms with E-state index < -0.39 is 0 Å². The van der Waals surface area contributed by atoms with Crippen molar-refractivity contribution in [1.29, 1.82) is 0 Å². The Morgan fingerprint density at radius 2 is 2.00 bits per heavy atom. The Hall–Kier alpha value is -2.59. The maximum absolute atomic E-state index is 13.5. The number of hydrogen-bond donors (Lipinski definition) is 0. The second kappa shape index (κ2) is 7.75. The van der Waals surface area contributed by atoms with E-state index in [1.54, 1.807) is 12.1 Å². The molecule has 1 aromatic carbocycles. The summed E-state index contributed by atoms with van der Waals surface area (Å²) in [5, 5.41) is 0. The van der Waals surface area contributed by atoms with E-state index in [9.17, 15) is 4.39 Å². The first-order valence-electron chi connectivity index (χ1n) is 9.12. The maximum Gasteiger partial charge on any atom is 0.123 e. The molecule has 1 aliphatic rings. The van der Waals surface area contributed by atoms with Crippen molar-refractivity contribution >= 4 is 0 Å². The molecule has 4 heteroatoms. The molecule has 0 amide bonds. The second-order valence-electron chi connectivity index (χ2n) is 6.89. The van der Waals surface area contributed by atoms with Gasteiger partial charge >= 0.3 is 0 Å². The number of rotatable bonds is 4. The van der Waals surface area contributed by atoms with Crippen molar-refractivity contribution in [1.82, 2.24) is 14.9 Å². The lowest BCUT2D eigenvalue weighted by Crippen LogP contribution is -2.34. The van der Waals surface area contributed by atoms with Crippen molar-refractivity contribution in [2.75, 3.05) is 13.1 Å². The molecule has 0 saturated carbocycles. The molecule has 132 valence electrons. The van der Waals surface area contributed by atoms with Gasteiger partial charge in [-0.1, -0.05) is 24.3 Å². The number of piperidine rings is 1. The normalized spacial score (nSPS) is 18.0. The number of halogens is 1. The van der Waals surface area contributed by atoms with Crippen LogP contribution in [0.4, 0.5) is 4.39 Å². The molecule has 3 heterocycles. The molecule has 0 bridgehead atoms. The van der Waals surface area contributed by atoms with Crippen LogP contribution in [0.3, 0.4) is 0 Å². The first kappa shape index (κ1) is 16.9. The third-order valence-corrected chi connectivity index (χ3v) is 4.94. The van der Waals surface area contributed by atoms with Gasteiger partial charge in [-0.25, -0.2) is 4.39 Å². The number of benzene rings is 1. The first-order valence-corrected chi connectivity index (χ1v) is 9.12. The number of nitrogens with zero attached hydrogens (tertiary/aromatic N) is 3. The lowest BCUT2D eigenvalue weighted by atomic mass is 9.93. The van der Waals surface area contributed by atoms with E-state index in [2.05, 4.69) is 22.0 Å². The molecule has 1 saturated heterocycles. The Morgan fingerprint density at radius 1 is 1.08 bits per heavy atom. The molecule has 0 aliphatic carbocycles. The van der Waals surface area contributed by atoms with Gasteiger partial charge in [0.15, 0.2) is 0 Å². The molecule has 0 spiro atoms. The lowest BCUT2D eigenvalue weighted by Gasteiger charge is -2.32. The van der Waals surface area contributed by atoms with Gasteiger partial charge in [0.25, 0.3) is 0 Å². The van der Waals surface area contributed by atoms with E-state index in [0.717, 1.165) is 49.4 Å². The van der Waals surface area contributed by atoms with Crippen LogP contribution in [0, 0.1) is 5.82 Å². The predicted octanol–water partition coefficient (Wildman–Crippen LogP) is 4.66. The largest absolute Gasteiger partial charge is 0.298 e. The number of aromatic nitrogens is 2. The molecule has 1 fully saturated rings. The van der Waals surface area contributed by atoms with Crippen LogP contribution in [0.15, 0.2) is 67.0 Å². The second-order valence-corrected chi connectivity index (χ2v) is 6.89. The summed E-state index contributed by atoms with van der Waals surface area (Å²) < 4.78 is 13.5. The van der Waals surface area contributed by atoms with Crippen LogP contribution < -0.4 is 0 Å². The summed E-state index contributed by atoms with van der Waals surface area (Å²) in [5.41, 5.74) is 4.01. The topological polar surface area (TPSA) is 29.0 Å².